The molecule has 1 atom stereocenters. The fourth-order valence-corrected chi connectivity index (χ4v) is 1.28. The van der Waals surface area contributed by atoms with Crippen molar-refractivity contribution in [3.05, 3.63) is 30.3 Å². The molecule has 0 saturated carbocycles. The van der Waals surface area contributed by atoms with E-state index in [9.17, 15) is 0 Å². The van der Waals surface area contributed by atoms with E-state index in [2.05, 4.69) is 0 Å². The van der Waals surface area contributed by atoms with Gasteiger partial charge in [0.05, 0.1) is 6.61 Å². The number of rotatable bonds is 6. The van der Waals surface area contributed by atoms with Crippen LogP contribution in [0.5, 0.6) is 5.75 Å². The molecule has 4 heteroatoms. The van der Waals surface area contributed by atoms with E-state index >= 15 is 0 Å². The van der Waals surface area contributed by atoms with Crippen LogP contribution in [0.25, 0.3) is 0 Å². The molecular weight excluding hydrogens is 245 g/mol. The predicted octanol–water partition coefficient (Wildman–Crippen LogP) is 3.43. The Balaban J connectivity index is 0. The van der Waals surface area contributed by atoms with Crippen molar-refractivity contribution >= 4 is 24.8 Å². The highest BCUT2D eigenvalue weighted by atomic mass is 35.5. The molecule has 0 unspecified atom stereocenters. The van der Waals surface area contributed by atoms with E-state index in [1.54, 1.807) is 0 Å². The fourth-order valence-electron chi connectivity index (χ4n) is 1.28. The van der Waals surface area contributed by atoms with E-state index in [1.807, 2.05) is 37.3 Å². The SMILES string of the molecule is C[C@@H](N)CCCCOc1ccccc1.Cl.Cl. The van der Waals surface area contributed by atoms with Crippen molar-refractivity contribution in [2.75, 3.05) is 6.61 Å². The van der Waals surface area contributed by atoms with Gasteiger partial charge in [0.15, 0.2) is 0 Å². The molecule has 1 aromatic rings. The minimum atomic E-state index is 0. The Kier molecular flexibility index (Phi) is 12.4. The molecule has 0 saturated heterocycles. The molecule has 0 heterocycles. The average molecular weight is 266 g/mol. The lowest BCUT2D eigenvalue weighted by Crippen LogP contribution is -2.14. The number of hydrogen-bond acceptors (Lipinski definition) is 2. The van der Waals surface area contributed by atoms with Crippen molar-refractivity contribution in [2.24, 2.45) is 5.73 Å². The Morgan fingerprint density at radius 3 is 2.31 bits per heavy atom. The van der Waals surface area contributed by atoms with Crippen LogP contribution in [-0.4, -0.2) is 12.6 Å². The summed E-state index contributed by atoms with van der Waals surface area (Å²) in [6, 6.07) is 10.2. The number of nitrogens with two attached hydrogens (primary N) is 1. The Hall–Kier alpha value is -0.440. The van der Waals surface area contributed by atoms with Crippen LogP contribution in [0, 0.1) is 0 Å². The van der Waals surface area contributed by atoms with Crippen LogP contribution < -0.4 is 10.5 Å². The van der Waals surface area contributed by atoms with Gasteiger partial charge in [0.25, 0.3) is 0 Å². The molecule has 0 radical (unpaired) electrons. The Morgan fingerprint density at radius 1 is 1.12 bits per heavy atom. The summed E-state index contributed by atoms with van der Waals surface area (Å²) < 4.78 is 5.55. The van der Waals surface area contributed by atoms with Gasteiger partial charge in [-0.3, -0.25) is 0 Å². The first-order valence-corrected chi connectivity index (χ1v) is 5.22. The predicted molar refractivity (Wildman–Crippen MR) is 73.9 cm³/mol. The molecule has 2 N–H and O–H groups in total. The van der Waals surface area contributed by atoms with E-state index in [0.29, 0.717) is 6.04 Å². The molecule has 0 aliphatic heterocycles. The highest BCUT2D eigenvalue weighted by Crippen LogP contribution is 2.09. The third-order valence-electron chi connectivity index (χ3n) is 2.07. The number of unbranched alkanes of at least 4 members (excludes halogenated alkanes) is 1. The zero-order valence-corrected chi connectivity index (χ0v) is 11.2. The molecule has 0 fully saturated rings. The largest absolute Gasteiger partial charge is 0.494 e. The summed E-state index contributed by atoms with van der Waals surface area (Å²) in [5.41, 5.74) is 5.64. The van der Waals surface area contributed by atoms with Gasteiger partial charge in [0.1, 0.15) is 5.75 Å². The average Bonchev–Trinajstić information content (AvgIpc) is 2.18. The smallest absolute Gasteiger partial charge is 0.119 e. The number of benzene rings is 1. The van der Waals surface area contributed by atoms with Crippen molar-refractivity contribution < 1.29 is 4.74 Å². The second-order valence-electron chi connectivity index (χ2n) is 3.63. The lowest BCUT2D eigenvalue weighted by molar-refractivity contribution is 0.303. The monoisotopic (exact) mass is 265 g/mol. The molecular formula is C12H21Cl2NO. The first-order valence-electron chi connectivity index (χ1n) is 5.22. The highest BCUT2D eigenvalue weighted by Gasteiger charge is 1.95. The molecule has 0 aliphatic carbocycles. The Morgan fingerprint density at radius 2 is 1.75 bits per heavy atom. The maximum absolute atomic E-state index is 5.64. The second-order valence-corrected chi connectivity index (χ2v) is 3.63. The molecule has 0 amide bonds. The van der Waals surface area contributed by atoms with Crippen LogP contribution in [0.3, 0.4) is 0 Å². The minimum Gasteiger partial charge on any atom is -0.494 e. The van der Waals surface area contributed by atoms with Crippen molar-refractivity contribution in [1.82, 2.24) is 0 Å². The van der Waals surface area contributed by atoms with E-state index in [-0.39, 0.29) is 24.8 Å². The third-order valence-corrected chi connectivity index (χ3v) is 2.07. The van der Waals surface area contributed by atoms with Gasteiger partial charge in [-0.25, -0.2) is 0 Å². The van der Waals surface area contributed by atoms with E-state index in [0.717, 1.165) is 31.6 Å². The summed E-state index contributed by atoms with van der Waals surface area (Å²) in [6.45, 7) is 2.83. The summed E-state index contributed by atoms with van der Waals surface area (Å²) in [5.74, 6) is 0.952. The number of para-hydroxylation sites is 1. The maximum Gasteiger partial charge on any atom is 0.119 e. The maximum atomic E-state index is 5.64. The van der Waals surface area contributed by atoms with E-state index in [1.165, 1.54) is 0 Å². The number of hydrogen-bond donors (Lipinski definition) is 1. The zero-order chi connectivity index (χ0) is 10.2. The van der Waals surface area contributed by atoms with Crippen LogP contribution in [0.15, 0.2) is 30.3 Å². The van der Waals surface area contributed by atoms with Crippen molar-refractivity contribution in [1.29, 1.82) is 0 Å². The van der Waals surface area contributed by atoms with Crippen LogP contribution in [0.1, 0.15) is 26.2 Å². The minimum absolute atomic E-state index is 0. The second kappa shape index (κ2) is 11.1. The van der Waals surface area contributed by atoms with Gasteiger partial charge in [-0.2, -0.15) is 0 Å². The molecule has 94 valence electrons. The van der Waals surface area contributed by atoms with Crippen LogP contribution >= 0.6 is 24.8 Å². The lowest BCUT2D eigenvalue weighted by Gasteiger charge is -2.06. The molecule has 0 spiro atoms. The van der Waals surface area contributed by atoms with Crippen molar-refractivity contribution in [2.45, 2.75) is 32.2 Å². The van der Waals surface area contributed by atoms with Crippen molar-refractivity contribution in [3.63, 3.8) is 0 Å². The summed E-state index contributed by atoms with van der Waals surface area (Å²) in [4.78, 5) is 0. The standard InChI is InChI=1S/C12H19NO.2ClH/c1-11(13)7-5-6-10-14-12-8-3-2-4-9-12;;/h2-4,8-9,11H,5-7,10,13H2,1H3;2*1H/t11-;;/m1../s1. The van der Waals surface area contributed by atoms with Crippen LogP contribution in [-0.2, 0) is 0 Å². The van der Waals surface area contributed by atoms with Gasteiger partial charge in [0.2, 0.25) is 0 Å². The van der Waals surface area contributed by atoms with Gasteiger partial charge in [-0.05, 0) is 38.3 Å². The number of halogens is 2. The Labute approximate surface area is 110 Å². The van der Waals surface area contributed by atoms with Gasteiger partial charge in [-0.1, -0.05) is 18.2 Å². The third kappa shape index (κ3) is 8.84. The zero-order valence-electron chi connectivity index (χ0n) is 9.59. The van der Waals surface area contributed by atoms with Crippen LogP contribution in [0.2, 0.25) is 0 Å². The van der Waals surface area contributed by atoms with Gasteiger partial charge >= 0.3 is 0 Å². The first kappa shape index (κ1) is 17.9. The lowest BCUT2D eigenvalue weighted by atomic mass is 10.1. The quantitative estimate of drug-likeness (QED) is 0.801. The summed E-state index contributed by atoms with van der Waals surface area (Å²) in [6.07, 6.45) is 3.30. The molecule has 1 rings (SSSR count). The summed E-state index contributed by atoms with van der Waals surface area (Å²) in [7, 11) is 0. The van der Waals surface area contributed by atoms with E-state index < -0.39 is 0 Å². The fraction of sp³-hybridized carbons (Fsp3) is 0.500. The molecule has 1 aromatic carbocycles. The van der Waals surface area contributed by atoms with Gasteiger partial charge < -0.3 is 10.5 Å². The van der Waals surface area contributed by atoms with Gasteiger partial charge in [0, 0.05) is 6.04 Å². The summed E-state index contributed by atoms with van der Waals surface area (Å²) >= 11 is 0. The van der Waals surface area contributed by atoms with Gasteiger partial charge in [-0.15, -0.1) is 24.8 Å². The highest BCUT2D eigenvalue weighted by molar-refractivity contribution is 5.85. The van der Waals surface area contributed by atoms with E-state index in [4.69, 9.17) is 10.5 Å². The molecule has 0 bridgehead atoms. The molecule has 2 nitrogen and oxygen atoms in total. The topological polar surface area (TPSA) is 35.2 Å². The molecule has 16 heavy (non-hydrogen) atoms. The van der Waals surface area contributed by atoms with Crippen molar-refractivity contribution in [3.8, 4) is 5.75 Å². The molecule has 0 aliphatic rings. The Bertz CT molecular complexity index is 242. The number of ether oxygens (including phenoxy) is 1. The molecule has 0 aromatic heterocycles. The first-order chi connectivity index (χ1) is 6.79. The normalized spacial score (nSPS) is 10.9. The van der Waals surface area contributed by atoms with Crippen LogP contribution in [0.4, 0.5) is 0 Å². The summed E-state index contributed by atoms with van der Waals surface area (Å²) in [5, 5.41) is 0.